The van der Waals surface area contributed by atoms with Crippen LogP contribution in [-0.2, 0) is 6.54 Å². The maximum Gasteiger partial charge on any atom is 0.331 e. The minimum absolute atomic E-state index is 0.128. The third kappa shape index (κ3) is 3.62. The van der Waals surface area contributed by atoms with E-state index < -0.39 is 11.6 Å². The van der Waals surface area contributed by atoms with Gasteiger partial charge in [-0.15, -0.1) is 0 Å². The molecule has 9 heteroatoms. The standard InChI is InChI=1S/C23H23N5O4/c1-12(2)28-22-19(18(20(24)30)25-21(26-22)17-10-7-14(4)32-17)27(23(28)31)11-16(29)15-8-5-13(3)6-9-15/h5-10,12H,11H2,1-4H3,(H2,24,30). The van der Waals surface area contributed by atoms with Crippen molar-refractivity contribution in [3.8, 4) is 11.6 Å². The van der Waals surface area contributed by atoms with Crippen LogP contribution in [0.15, 0.2) is 45.6 Å². The largest absolute Gasteiger partial charge is 0.458 e. The molecule has 4 aromatic rings. The second-order valence-electron chi connectivity index (χ2n) is 7.96. The number of benzene rings is 1. The minimum atomic E-state index is -0.834. The molecule has 0 saturated heterocycles. The van der Waals surface area contributed by atoms with Crippen LogP contribution >= 0.6 is 0 Å². The van der Waals surface area contributed by atoms with Crippen molar-refractivity contribution in [1.29, 1.82) is 0 Å². The molecule has 32 heavy (non-hydrogen) atoms. The summed E-state index contributed by atoms with van der Waals surface area (Å²) in [4.78, 5) is 47.4. The molecule has 3 aromatic heterocycles. The number of imidazole rings is 1. The molecule has 0 fully saturated rings. The van der Waals surface area contributed by atoms with Gasteiger partial charge in [0, 0.05) is 11.6 Å². The average molecular weight is 433 g/mol. The van der Waals surface area contributed by atoms with Crippen molar-refractivity contribution < 1.29 is 14.0 Å². The van der Waals surface area contributed by atoms with Crippen molar-refractivity contribution in [2.45, 2.75) is 40.3 Å². The number of ketones is 1. The van der Waals surface area contributed by atoms with Crippen molar-refractivity contribution >= 4 is 22.9 Å². The molecule has 0 saturated carbocycles. The molecule has 1 amide bonds. The van der Waals surface area contributed by atoms with E-state index in [-0.39, 0.29) is 41.1 Å². The number of carbonyl (C=O) groups is 2. The number of hydrogen-bond acceptors (Lipinski definition) is 6. The number of primary amides is 1. The normalized spacial score (nSPS) is 11.4. The van der Waals surface area contributed by atoms with Gasteiger partial charge in [0.2, 0.25) is 0 Å². The molecule has 4 rings (SSSR count). The summed E-state index contributed by atoms with van der Waals surface area (Å²) in [5, 5.41) is 0. The second-order valence-corrected chi connectivity index (χ2v) is 7.96. The first-order valence-corrected chi connectivity index (χ1v) is 10.2. The van der Waals surface area contributed by atoms with Gasteiger partial charge in [0.15, 0.2) is 28.7 Å². The first-order valence-electron chi connectivity index (χ1n) is 10.2. The van der Waals surface area contributed by atoms with Crippen LogP contribution in [0.2, 0.25) is 0 Å². The summed E-state index contributed by atoms with van der Waals surface area (Å²) >= 11 is 0. The van der Waals surface area contributed by atoms with Gasteiger partial charge in [-0.3, -0.25) is 18.7 Å². The summed E-state index contributed by atoms with van der Waals surface area (Å²) in [5.41, 5.74) is 6.82. The number of hydrogen-bond donors (Lipinski definition) is 1. The van der Waals surface area contributed by atoms with Gasteiger partial charge < -0.3 is 10.2 Å². The lowest BCUT2D eigenvalue weighted by Crippen LogP contribution is -2.28. The van der Waals surface area contributed by atoms with Crippen LogP contribution in [0.3, 0.4) is 0 Å². The predicted octanol–water partition coefficient (Wildman–Crippen LogP) is 3.03. The van der Waals surface area contributed by atoms with Gasteiger partial charge in [0.1, 0.15) is 11.3 Å². The fraction of sp³-hybridized carbons (Fsp3) is 0.261. The Morgan fingerprint density at radius 1 is 1.06 bits per heavy atom. The SMILES string of the molecule is Cc1ccc(C(=O)Cn2c(=O)n(C(C)C)c3nc(-c4ccc(C)o4)nc(C(N)=O)c32)cc1. The lowest BCUT2D eigenvalue weighted by Gasteiger charge is -2.07. The maximum absolute atomic E-state index is 13.3. The number of Topliss-reactive ketones (excluding diaryl/α,β-unsaturated/α-hetero) is 1. The van der Waals surface area contributed by atoms with Gasteiger partial charge in [-0.1, -0.05) is 29.8 Å². The number of carbonyl (C=O) groups excluding carboxylic acids is 2. The van der Waals surface area contributed by atoms with Gasteiger partial charge in [0.05, 0.1) is 6.54 Å². The van der Waals surface area contributed by atoms with Gasteiger partial charge in [-0.25, -0.2) is 14.8 Å². The molecule has 1 aromatic carbocycles. The number of furan rings is 1. The van der Waals surface area contributed by atoms with Crippen molar-refractivity contribution in [3.05, 3.63) is 69.5 Å². The summed E-state index contributed by atoms with van der Waals surface area (Å²) in [7, 11) is 0. The zero-order chi connectivity index (χ0) is 23.2. The van der Waals surface area contributed by atoms with Crippen LogP contribution in [0.5, 0.6) is 0 Å². The Kier molecular flexibility index (Phi) is 5.25. The predicted molar refractivity (Wildman–Crippen MR) is 119 cm³/mol. The lowest BCUT2D eigenvalue weighted by atomic mass is 10.1. The van der Waals surface area contributed by atoms with Gasteiger partial charge in [-0.2, -0.15) is 0 Å². The van der Waals surface area contributed by atoms with E-state index in [4.69, 9.17) is 10.2 Å². The molecule has 0 spiro atoms. The van der Waals surface area contributed by atoms with E-state index in [1.807, 2.05) is 32.9 Å². The quantitative estimate of drug-likeness (QED) is 0.466. The van der Waals surface area contributed by atoms with Crippen molar-refractivity contribution in [1.82, 2.24) is 19.1 Å². The van der Waals surface area contributed by atoms with E-state index in [0.717, 1.165) is 5.56 Å². The first kappa shape index (κ1) is 21.2. The lowest BCUT2D eigenvalue weighted by molar-refractivity contribution is 0.0966. The Balaban J connectivity index is 1.96. The number of nitrogens with zero attached hydrogens (tertiary/aromatic N) is 4. The molecule has 0 unspecified atom stereocenters. The van der Waals surface area contributed by atoms with E-state index >= 15 is 0 Å². The summed E-state index contributed by atoms with van der Waals surface area (Å²) in [5.74, 6) is 0.0104. The third-order valence-electron chi connectivity index (χ3n) is 5.19. The fourth-order valence-corrected chi connectivity index (χ4v) is 3.60. The van der Waals surface area contributed by atoms with E-state index in [0.29, 0.717) is 17.1 Å². The van der Waals surface area contributed by atoms with Crippen molar-refractivity contribution in [2.75, 3.05) is 0 Å². The van der Waals surface area contributed by atoms with Gasteiger partial charge in [0.25, 0.3) is 5.91 Å². The van der Waals surface area contributed by atoms with E-state index in [1.165, 1.54) is 9.13 Å². The Bertz CT molecular complexity index is 1410. The Morgan fingerprint density at radius 2 is 1.75 bits per heavy atom. The first-order chi connectivity index (χ1) is 15.2. The maximum atomic E-state index is 13.3. The van der Waals surface area contributed by atoms with Crippen LogP contribution in [-0.4, -0.2) is 30.8 Å². The number of fused-ring (bicyclic) bond motifs is 1. The highest BCUT2D eigenvalue weighted by molar-refractivity contribution is 6.03. The molecular formula is C23H23N5O4. The van der Waals surface area contributed by atoms with Crippen molar-refractivity contribution in [2.24, 2.45) is 5.73 Å². The molecule has 164 valence electrons. The molecule has 0 atom stereocenters. The molecule has 0 aliphatic carbocycles. The van der Waals surface area contributed by atoms with E-state index in [1.54, 1.807) is 31.2 Å². The van der Waals surface area contributed by atoms with Crippen LogP contribution in [0.1, 0.15) is 52.1 Å². The molecular weight excluding hydrogens is 410 g/mol. The number of rotatable bonds is 6. The van der Waals surface area contributed by atoms with Gasteiger partial charge >= 0.3 is 5.69 Å². The van der Waals surface area contributed by atoms with Crippen LogP contribution in [0.4, 0.5) is 0 Å². The number of aryl methyl sites for hydroxylation is 2. The number of aromatic nitrogens is 4. The molecule has 0 aliphatic heterocycles. The molecule has 0 aliphatic rings. The fourth-order valence-electron chi connectivity index (χ4n) is 3.60. The molecule has 9 nitrogen and oxygen atoms in total. The summed E-state index contributed by atoms with van der Waals surface area (Å²) in [6, 6.07) is 10.2. The highest BCUT2D eigenvalue weighted by atomic mass is 16.3. The number of nitrogens with two attached hydrogens (primary N) is 1. The Hall–Kier alpha value is -4.01. The van der Waals surface area contributed by atoms with E-state index in [2.05, 4.69) is 9.97 Å². The summed E-state index contributed by atoms with van der Waals surface area (Å²) in [6.07, 6.45) is 0. The average Bonchev–Trinajstić information content (AvgIpc) is 3.29. The highest BCUT2D eigenvalue weighted by Crippen LogP contribution is 2.25. The Morgan fingerprint density at radius 3 is 2.31 bits per heavy atom. The smallest absolute Gasteiger partial charge is 0.331 e. The van der Waals surface area contributed by atoms with Crippen molar-refractivity contribution in [3.63, 3.8) is 0 Å². The molecule has 2 N–H and O–H groups in total. The highest BCUT2D eigenvalue weighted by Gasteiger charge is 2.26. The third-order valence-corrected chi connectivity index (χ3v) is 5.19. The monoisotopic (exact) mass is 433 g/mol. The summed E-state index contributed by atoms with van der Waals surface area (Å²) in [6.45, 7) is 7.05. The minimum Gasteiger partial charge on any atom is -0.458 e. The Labute approximate surface area is 183 Å². The zero-order valence-electron chi connectivity index (χ0n) is 18.2. The zero-order valence-corrected chi connectivity index (χ0v) is 18.2. The molecule has 0 bridgehead atoms. The topological polar surface area (TPSA) is 126 Å². The second kappa shape index (κ2) is 7.92. The summed E-state index contributed by atoms with van der Waals surface area (Å²) < 4.78 is 8.24. The number of amides is 1. The van der Waals surface area contributed by atoms with Crippen LogP contribution < -0.4 is 11.4 Å². The van der Waals surface area contributed by atoms with E-state index in [9.17, 15) is 14.4 Å². The molecule has 0 radical (unpaired) electrons. The van der Waals surface area contributed by atoms with Gasteiger partial charge in [-0.05, 0) is 39.8 Å². The molecule has 3 heterocycles. The van der Waals surface area contributed by atoms with Crippen LogP contribution in [0, 0.1) is 13.8 Å². The van der Waals surface area contributed by atoms with Crippen LogP contribution in [0.25, 0.3) is 22.7 Å².